The molecule has 0 radical (unpaired) electrons. The molecule has 90 valence electrons. The molecule has 0 unspecified atom stereocenters. The van der Waals surface area contributed by atoms with E-state index in [9.17, 15) is 4.79 Å². The van der Waals surface area contributed by atoms with Crippen molar-refractivity contribution in [3.63, 3.8) is 0 Å². The van der Waals surface area contributed by atoms with Crippen molar-refractivity contribution in [2.75, 3.05) is 40.4 Å². The Morgan fingerprint density at radius 3 is 2.40 bits per heavy atom. The van der Waals surface area contributed by atoms with Crippen molar-refractivity contribution in [2.45, 2.75) is 20.8 Å². The summed E-state index contributed by atoms with van der Waals surface area (Å²) in [7, 11) is 3.71. The molecule has 0 aromatic rings. The highest BCUT2D eigenvalue weighted by molar-refractivity contribution is 5.81. The van der Waals surface area contributed by atoms with Crippen LogP contribution in [-0.4, -0.2) is 51.2 Å². The average molecular weight is 216 g/mol. The van der Waals surface area contributed by atoms with Crippen LogP contribution in [0.25, 0.3) is 0 Å². The number of hydrogen-bond donors (Lipinski definition) is 1. The van der Waals surface area contributed by atoms with Gasteiger partial charge in [-0.3, -0.25) is 4.79 Å². The monoisotopic (exact) mass is 216 g/mol. The molecular formula is C11H24N2O2. The van der Waals surface area contributed by atoms with Crippen molar-refractivity contribution in [1.29, 1.82) is 0 Å². The third-order valence-electron chi connectivity index (χ3n) is 2.14. The highest BCUT2D eigenvalue weighted by Gasteiger charge is 2.20. The molecule has 4 nitrogen and oxygen atoms in total. The molecule has 0 fully saturated rings. The molecule has 0 rings (SSSR count). The summed E-state index contributed by atoms with van der Waals surface area (Å²) in [5.41, 5.74) is -0.300. The van der Waals surface area contributed by atoms with Gasteiger partial charge in [0.1, 0.15) is 0 Å². The van der Waals surface area contributed by atoms with Gasteiger partial charge in [-0.1, -0.05) is 20.8 Å². The lowest BCUT2D eigenvalue weighted by Gasteiger charge is -2.20. The molecule has 0 aromatic carbocycles. The first-order chi connectivity index (χ1) is 6.88. The summed E-state index contributed by atoms with van der Waals surface area (Å²) < 4.78 is 4.97. The predicted octanol–water partition coefficient (Wildman–Crippen LogP) is 0.727. The first-order valence-corrected chi connectivity index (χ1v) is 5.33. The second-order valence-electron chi connectivity index (χ2n) is 4.80. The number of ether oxygens (including phenoxy) is 1. The summed E-state index contributed by atoms with van der Waals surface area (Å²) in [6.45, 7) is 8.90. The lowest BCUT2D eigenvalue weighted by molar-refractivity contribution is -0.128. The summed E-state index contributed by atoms with van der Waals surface area (Å²) in [4.78, 5) is 13.6. The van der Waals surface area contributed by atoms with Gasteiger partial charge in [0.05, 0.1) is 6.61 Å². The van der Waals surface area contributed by atoms with Gasteiger partial charge in [-0.2, -0.15) is 0 Å². The number of rotatable bonds is 6. The molecule has 4 heteroatoms. The fraction of sp³-hybridized carbons (Fsp3) is 0.909. The zero-order valence-corrected chi connectivity index (χ0v) is 10.6. The minimum absolute atomic E-state index is 0.0997. The van der Waals surface area contributed by atoms with Gasteiger partial charge in [-0.25, -0.2) is 0 Å². The van der Waals surface area contributed by atoms with Crippen LogP contribution in [0.1, 0.15) is 20.8 Å². The third kappa shape index (κ3) is 7.33. The number of carbonyl (C=O) groups is 1. The third-order valence-corrected chi connectivity index (χ3v) is 2.14. The van der Waals surface area contributed by atoms with Gasteiger partial charge in [-0.15, -0.1) is 0 Å². The lowest BCUT2D eigenvalue weighted by Crippen LogP contribution is -2.39. The quantitative estimate of drug-likeness (QED) is 0.711. The van der Waals surface area contributed by atoms with Crippen molar-refractivity contribution >= 4 is 5.91 Å². The summed E-state index contributed by atoms with van der Waals surface area (Å²) in [5.74, 6) is 0.0997. The SMILES string of the molecule is COCCN(C)CCNC(=O)C(C)(C)C. The molecule has 0 spiro atoms. The molecule has 0 aromatic heterocycles. The molecule has 0 aliphatic rings. The van der Waals surface area contributed by atoms with E-state index >= 15 is 0 Å². The van der Waals surface area contributed by atoms with E-state index in [0.717, 1.165) is 19.7 Å². The standard InChI is InChI=1S/C11H24N2O2/c1-11(2,3)10(14)12-6-7-13(4)8-9-15-5/h6-9H2,1-5H3,(H,12,14). The minimum Gasteiger partial charge on any atom is -0.383 e. The van der Waals surface area contributed by atoms with E-state index in [0.29, 0.717) is 6.54 Å². The maximum Gasteiger partial charge on any atom is 0.225 e. The topological polar surface area (TPSA) is 41.6 Å². The molecule has 0 atom stereocenters. The van der Waals surface area contributed by atoms with Gasteiger partial charge >= 0.3 is 0 Å². The highest BCUT2D eigenvalue weighted by atomic mass is 16.5. The number of nitrogens with one attached hydrogen (secondary N) is 1. The first-order valence-electron chi connectivity index (χ1n) is 5.33. The van der Waals surface area contributed by atoms with Crippen LogP contribution >= 0.6 is 0 Å². The lowest BCUT2D eigenvalue weighted by atomic mass is 9.96. The van der Waals surface area contributed by atoms with Crippen molar-refractivity contribution < 1.29 is 9.53 Å². The van der Waals surface area contributed by atoms with Crippen molar-refractivity contribution in [3.8, 4) is 0 Å². The van der Waals surface area contributed by atoms with Gasteiger partial charge in [-0.05, 0) is 7.05 Å². The van der Waals surface area contributed by atoms with E-state index in [1.54, 1.807) is 7.11 Å². The van der Waals surface area contributed by atoms with E-state index in [4.69, 9.17) is 4.74 Å². The molecule has 1 amide bonds. The Bertz CT molecular complexity index is 188. The summed E-state index contributed by atoms with van der Waals surface area (Å²) in [6, 6.07) is 0. The summed E-state index contributed by atoms with van der Waals surface area (Å²) >= 11 is 0. The first kappa shape index (κ1) is 14.4. The smallest absolute Gasteiger partial charge is 0.225 e. The maximum atomic E-state index is 11.5. The molecular weight excluding hydrogens is 192 g/mol. The second-order valence-corrected chi connectivity index (χ2v) is 4.80. The number of carbonyl (C=O) groups excluding carboxylic acids is 1. The Morgan fingerprint density at radius 1 is 1.33 bits per heavy atom. The Labute approximate surface area is 93.0 Å². The Morgan fingerprint density at radius 2 is 1.93 bits per heavy atom. The predicted molar refractivity (Wildman–Crippen MR) is 61.8 cm³/mol. The van der Waals surface area contributed by atoms with Gasteiger partial charge in [0.2, 0.25) is 5.91 Å². The van der Waals surface area contributed by atoms with Crippen LogP contribution in [0.2, 0.25) is 0 Å². The van der Waals surface area contributed by atoms with E-state index in [2.05, 4.69) is 10.2 Å². The number of likely N-dealkylation sites (N-methyl/N-ethyl adjacent to an activating group) is 1. The zero-order valence-electron chi connectivity index (χ0n) is 10.6. The normalized spacial score (nSPS) is 11.9. The van der Waals surface area contributed by atoms with Crippen LogP contribution in [-0.2, 0) is 9.53 Å². The van der Waals surface area contributed by atoms with E-state index < -0.39 is 0 Å². The molecule has 0 aliphatic carbocycles. The Kier molecular flexibility index (Phi) is 6.52. The molecule has 0 saturated carbocycles. The number of methoxy groups -OCH3 is 1. The van der Waals surface area contributed by atoms with Crippen molar-refractivity contribution in [1.82, 2.24) is 10.2 Å². The Balaban J connectivity index is 3.57. The molecule has 0 aliphatic heterocycles. The van der Waals surface area contributed by atoms with Gasteiger partial charge in [0, 0.05) is 32.2 Å². The van der Waals surface area contributed by atoms with Crippen LogP contribution in [0.4, 0.5) is 0 Å². The summed E-state index contributed by atoms with van der Waals surface area (Å²) in [6.07, 6.45) is 0. The zero-order chi connectivity index (χ0) is 11.9. The van der Waals surface area contributed by atoms with Crippen LogP contribution in [0.3, 0.4) is 0 Å². The molecule has 1 N–H and O–H groups in total. The van der Waals surface area contributed by atoms with Crippen LogP contribution in [0.15, 0.2) is 0 Å². The van der Waals surface area contributed by atoms with Gasteiger partial charge < -0.3 is 15.0 Å². The molecule has 0 heterocycles. The van der Waals surface area contributed by atoms with Gasteiger partial charge in [0.25, 0.3) is 0 Å². The average Bonchev–Trinajstić information content (AvgIpc) is 2.13. The van der Waals surface area contributed by atoms with Crippen LogP contribution in [0.5, 0.6) is 0 Å². The Hall–Kier alpha value is -0.610. The van der Waals surface area contributed by atoms with Gasteiger partial charge in [0.15, 0.2) is 0 Å². The molecule has 0 saturated heterocycles. The largest absolute Gasteiger partial charge is 0.383 e. The molecule has 0 bridgehead atoms. The van der Waals surface area contributed by atoms with Crippen LogP contribution in [0, 0.1) is 5.41 Å². The van der Waals surface area contributed by atoms with Crippen molar-refractivity contribution in [2.24, 2.45) is 5.41 Å². The fourth-order valence-corrected chi connectivity index (χ4v) is 0.984. The number of amides is 1. The number of nitrogens with zero attached hydrogens (tertiary/aromatic N) is 1. The minimum atomic E-state index is -0.300. The van der Waals surface area contributed by atoms with E-state index in [1.165, 1.54) is 0 Å². The fourth-order valence-electron chi connectivity index (χ4n) is 0.984. The summed E-state index contributed by atoms with van der Waals surface area (Å²) in [5, 5.41) is 2.91. The van der Waals surface area contributed by atoms with E-state index in [1.807, 2.05) is 27.8 Å². The van der Waals surface area contributed by atoms with E-state index in [-0.39, 0.29) is 11.3 Å². The highest BCUT2D eigenvalue weighted by Crippen LogP contribution is 2.11. The van der Waals surface area contributed by atoms with Crippen molar-refractivity contribution in [3.05, 3.63) is 0 Å². The van der Waals surface area contributed by atoms with Crippen LogP contribution < -0.4 is 5.32 Å². The second kappa shape index (κ2) is 6.80. The maximum absolute atomic E-state index is 11.5. The molecule has 15 heavy (non-hydrogen) atoms. The number of hydrogen-bond acceptors (Lipinski definition) is 3.